The Morgan fingerprint density at radius 1 is 1.29 bits per heavy atom. The van der Waals surface area contributed by atoms with E-state index >= 15 is 0 Å². The highest BCUT2D eigenvalue weighted by molar-refractivity contribution is 5.74. The lowest BCUT2D eigenvalue weighted by atomic mass is 10.1. The molecule has 1 atom stereocenters. The molecule has 0 N–H and O–H groups in total. The Morgan fingerprint density at radius 3 is 2.18 bits per heavy atom. The van der Waals surface area contributed by atoms with Gasteiger partial charge in [-0.15, -0.1) is 0 Å². The molecule has 0 fully saturated rings. The summed E-state index contributed by atoms with van der Waals surface area (Å²) in [5.41, 5.74) is -0.529. The average Bonchev–Trinajstić information content (AvgIpc) is 2.21. The minimum atomic E-state index is -0.529. The van der Waals surface area contributed by atoms with Gasteiger partial charge in [0.1, 0.15) is 5.60 Å². The summed E-state index contributed by atoms with van der Waals surface area (Å²) in [6, 6.07) is 0. The van der Waals surface area contributed by atoms with Crippen molar-refractivity contribution in [3.05, 3.63) is 0 Å². The van der Waals surface area contributed by atoms with Gasteiger partial charge < -0.3 is 14.4 Å². The van der Waals surface area contributed by atoms with E-state index in [4.69, 9.17) is 4.74 Å². The number of esters is 1. The second kappa shape index (κ2) is 6.47. The lowest BCUT2D eigenvalue weighted by molar-refractivity contribution is -0.145. The van der Waals surface area contributed by atoms with Crippen molar-refractivity contribution in [2.75, 3.05) is 20.2 Å². The van der Waals surface area contributed by atoms with Crippen molar-refractivity contribution >= 4 is 12.1 Å². The van der Waals surface area contributed by atoms with Crippen LogP contribution in [0.15, 0.2) is 0 Å². The average molecular weight is 245 g/mol. The van der Waals surface area contributed by atoms with Crippen molar-refractivity contribution in [1.29, 1.82) is 0 Å². The van der Waals surface area contributed by atoms with Crippen molar-refractivity contribution in [2.45, 2.75) is 40.2 Å². The van der Waals surface area contributed by atoms with Crippen LogP contribution in [0.3, 0.4) is 0 Å². The number of hydrogen-bond acceptors (Lipinski definition) is 4. The molecule has 100 valence electrons. The maximum atomic E-state index is 11.8. The SMILES string of the molecule is CCN(C[C@@H](C)C(=O)OC)C(=O)OC(C)(C)C. The molecule has 0 saturated carbocycles. The van der Waals surface area contributed by atoms with Gasteiger partial charge in [0.2, 0.25) is 0 Å². The van der Waals surface area contributed by atoms with Crippen LogP contribution in [-0.2, 0) is 14.3 Å². The van der Waals surface area contributed by atoms with E-state index < -0.39 is 11.7 Å². The van der Waals surface area contributed by atoms with E-state index in [1.165, 1.54) is 12.0 Å². The molecule has 0 aliphatic carbocycles. The molecule has 0 unspecified atom stereocenters. The molecular weight excluding hydrogens is 222 g/mol. The molecule has 0 aliphatic rings. The lowest BCUT2D eigenvalue weighted by Crippen LogP contribution is -2.40. The van der Waals surface area contributed by atoms with Crippen molar-refractivity contribution in [1.82, 2.24) is 4.90 Å². The molecule has 5 nitrogen and oxygen atoms in total. The van der Waals surface area contributed by atoms with Gasteiger partial charge in [-0.05, 0) is 27.7 Å². The highest BCUT2D eigenvalue weighted by Crippen LogP contribution is 2.11. The summed E-state index contributed by atoms with van der Waals surface area (Å²) in [5.74, 6) is -0.681. The number of ether oxygens (including phenoxy) is 2. The Hall–Kier alpha value is -1.26. The second-order valence-corrected chi connectivity index (χ2v) is 4.94. The molecule has 0 spiro atoms. The molecule has 0 aromatic heterocycles. The van der Waals surface area contributed by atoms with Crippen LogP contribution in [0, 0.1) is 5.92 Å². The minimum absolute atomic E-state index is 0.304. The number of nitrogens with zero attached hydrogens (tertiary/aromatic N) is 1. The van der Waals surface area contributed by atoms with Crippen LogP contribution < -0.4 is 0 Å². The van der Waals surface area contributed by atoms with E-state index in [1.54, 1.807) is 6.92 Å². The first kappa shape index (κ1) is 15.7. The van der Waals surface area contributed by atoms with Gasteiger partial charge >= 0.3 is 12.1 Å². The summed E-state index contributed by atoms with van der Waals surface area (Å²) in [6.45, 7) is 9.79. The first-order valence-electron chi connectivity index (χ1n) is 5.77. The number of hydrogen-bond donors (Lipinski definition) is 0. The maximum absolute atomic E-state index is 11.8. The first-order chi connectivity index (χ1) is 7.71. The lowest BCUT2D eigenvalue weighted by Gasteiger charge is -2.27. The Morgan fingerprint density at radius 2 is 1.82 bits per heavy atom. The topological polar surface area (TPSA) is 55.8 Å². The van der Waals surface area contributed by atoms with Crippen LogP contribution >= 0.6 is 0 Å². The summed E-state index contributed by atoms with van der Waals surface area (Å²) in [4.78, 5) is 24.6. The molecule has 5 heteroatoms. The fraction of sp³-hybridized carbons (Fsp3) is 0.833. The quantitative estimate of drug-likeness (QED) is 0.711. The molecule has 0 rings (SSSR count). The van der Waals surface area contributed by atoms with E-state index in [0.29, 0.717) is 13.1 Å². The highest BCUT2D eigenvalue weighted by atomic mass is 16.6. The zero-order valence-electron chi connectivity index (χ0n) is 11.6. The van der Waals surface area contributed by atoms with Crippen molar-refractivity contribution in [3.63, 3.8) is 0 Å². The van der Waals surface area contributed by atoms with E-state index in [-0.39, 0.29) is 11.9 Å². The summed E-state index contributed by atoms with van der Waals surface area (Å²) in [6.07, 6.45) is -0.407. The fourth-order valence-corrected chi connectivity index (χ4v) is 1.27. The number of carbonyl (C=O) groups excluding carboxylic acids is 2. The molecule has 0 aromatic rings. The standard InChI is InChI=1S/C12H23NO4/c1-7-13(8-9(2)10(14)16-6)11(15)17-12(3,4)5/h9H,7-8H2,1-6H3/t9-/m1/s1. The number of carbonyl (C=O) groups is 2. The van der Waals surface area contributed by atoms with Gasteiger partial charge in [0, 0.05) is 13.1 Å². The Labute approximate surface area is 103 Å². The van der Waals surface area contributed by atoms with Gasteiger partial charge in [-0.25, -0.2) is 4.79 Å². The van der Waals surface area contributed by atoms with Gasteiger partial charge in [0.15, 0.2) is 0 Å². The number of rotatable bonds is 4. The van der Waals surface area contributed by atoms with Crippen LogP contribution in [0.4, 0.5) is 4.79 Å². The van der Waals surface area contributed by atoms with Gasteiger partial charge in [-0.1, -0.05) is 6.92 Å². The Bertz CT molecular complexity index is 270. The summed E-state index contributed by atoms with van der Waals surface area (Å²) in [7, 11) is 1.34. The van der Waals surface area contributed by atoms with Gasteiger partial charge in [0.05, 0.1) is 13.0 Å². The van der Waals surface area contributed by atoms with E-state index in [1.807, 2.05) is 27.7 Å². The number of methoxy groups -OCH3 is 1. The van der Waals surface area contributed by atoms with E-state index in [0.717, 1.165) is 0 Å². The molecule has 0 radical (unpaired) electrons. The molecule has 0 heterocycles. The van der Waals surface area contributed by atoms with E-state index in [2.05, 4.69) is 4.74 Å². The number of amides is 1. The summed E-state index contributed by atoms with van der Waals surface area (Å²) in [5, 5.41) is 0. The fourth-order valence-electron chi connectivity index (χ4n) is 1.27. The predicted octanol–water partition coefficient (Wildman–Crippen LogP) is 2.05. The summed E-state index contributed by atoms with van der Waals surface area (Å²) < 4.78 is 9.86. The third kappa shape index (κ3) is 6.14. The smallest absolute Gasteiger partial charge is 0.410 e. The second-order valence-electron chi connectivity index (χ2n) is 4.94. The van der Waals surface area contributed by atoms with Crippen LogP contribution in [0.5, 0.6) is 0 Å². The zero-order chi connectivity index (χ0) is 13.6. The van der Waals surface area contributed by atoms with E-state index in [9.17, 15) is 9.59 Å². The Kier molecular flexibility index (Phi) is 5.99. The predicted molar refractivity (Wildman–Crippen MR) is 64.7 cm³/mol. The van der Waals surface area contributed by atoms with Gasteiger partial charge in [-0.3, -0.25) is 4.79 Å². The van der Waals surface area contributed by atoms with Crippen LogP contribution in [0.2, 0.25) is 0 Å². The minimum Gasteiger partial charge on any atom is -0.469 e. The summed E-state index contributed by atoms with van der Waals surface area (Å²) >= 11 is 0. The third-order valence-electron chi connectivity index (χ3n) is 2.13. The third-order valence-corrected chi connectivity index (χ3v) is 2.13. The van der Waals surface area contributed by atoms with Gasteiger partial charge in [-0.2, -0.15) is 0 Å². The normalized spacial score (nSPS) is 12.8. The van der Waals surface area contributed by atoms with Crippen molar-refractivity contribution < 1.29 is 19.1 Å². The molecule has 0 aromatic carbocycles. The van der Waals surface area contributed by atoms with Crippen LogP contribution in [0.25, 0.3) is 0 Å². The highest BCUT2D eigenvalue weighted by Gasteiger charge is 2.24. The molecule has 17 heavy (non-hydrogen) atoms. The zero-order valence-corrected chi connectivity index (χ0v) is 11.6. The Balaban J connectivity index is 4.43. The maximum Gasteiger partial charge on any atom is 0.410 e. The van der Waals surface area contributed by atoms with Crippen molar-refractivity contribution in [2.24, 2.45) is 5.92 Å². The molecule has 0 bridgehead atoms. The van der Waals surface area contributed by atoms with Crippen molar-refractivity contribution in [3.8, 4) is 0 Å². The molecule has 1 amide bonds. The molecule has 0 aliphatic heterocycles. The molecular formula is C12H23NO4. The monoisotopic (exact) mass is 245 g/mol. The first-order valence-corrected chi connectivity index (χ1v) is 5.77. The molecule has 0 saturated heterocycles. The van der Waals surface area contributed by atoms with Crippen LogP contribution in [-0.4, -0.2) is 42.8 Å². The largest absolute Gasteiger partial charge is 0.469 e. The van der Waals surface area contributed by atoms with Crippen LogP contribution in [0.1, 0.15) is 34.6 Å². The van der Waals surface area contributed by atoms with Gasteiger partial charge in [0.25, 0.3) is 0 Å².